The van der Waals surface area contributed by atoms with Crippen molar-refractivity contribution in [1.29, 1.82) is 0 Å². The number of nitrogens with zero attached hydrogens (tertiary/aromatic N) is 2. The average Bonchev–Trinajstić information content (AvgIpc) is 2.73. The highest BCUT2D eigenvalue weighted by molar-refractivity contribution is 5.91. The third kappa shape index (κ3) is 3.84. The Kier molecular flexibility index (Phi) is 5.34. The van der Waals surface area contributed by atoms with Crippen molar-refractivity contribution >= 4 is 11.7 Å². The van der Waals surface area contributed by atoms with E-state index in [4.69, 9.17) is 5.73 Å². The molecule has 5 heteroatoms. The van der Waals surface area contributed by atoms with Crippen molar-refractivity contribution in [2.45, 2.75) is 40.2 Å². The van der Waals surface area contributed by atoms with Crippen molar-refractivity contribution in [3.8, 4) is 0 Å². The van der Waals surface area contributed by atoms with Gasteiger partial charge >= 0.3 is 0 Å². The van der Waals surface area contributed by atoms with Crippen molar-refractivity contribution < 1.29 is 4.79 Å². The van der Waals surface area contributed by atoms with Crippen molar-refractivity contribution in [3.63, 3.8) is 0 Å². The predicted octanol–water partition coefficient (Wildman–Crippen LogP) is 2.02. The number of carbonyl (C=O) groups excluding carboxylic acids is 1. The predicted molar refractivity (Wildman–Crippen MR) is 73.2 cm³/mol. The van der Waals surface area contributed by atoms with E-state index >= 15 is 0 Å². The topological polar surface area (TPSA) is 72.9 Å². The first kappa shape index (κ1) is 14.7. The Labute approximate surface area is 109 Å². The maximum Gasteiger partial charge on any atom is 0.229 e. The maximum atomic E-state index is 12.1. The summed E-state index contributed by atoms with van der Waals surface area (Å²) in [7, 11) is 0. The molecule has 1 aromatic heterocycles. The summed E-state index contributed by atoms with van der Waals surface area (Å²) in [4.78, 5) is 12.1. The van der Waals surface area contributed by atoms with Crippen molar-refractivity contribution in [2.75, 3.05) is 11.9 Å². The third-order valence-corrected chi connectivity index (χ3v) is 2.82. The Bertz CT molecular complexity index is 384. The Morgan fingerprint density at radius 3 is 2.61 bits per heavy atom. The van der Waals surface area contributed by atoms with Gasteiger partial charge in [-0.15, -0.1) is 0 Å². The summed E-state index contributed by atoms with van der Waals surface area (Å²) in [6.07, 6.45) is 2.49. The molecule has 1 rings (SSSR count). The molecule has 1 aromatic rings. The lowest BCUT2D eigenvalue weighted by molar-refractivity contribution is -0.120. The standard InChI is InChI=1S/C13H24N4O/c1-9(2)7-11(8-14)13(18)16-12-5-6-15-17(12)10(3)4/h5-6,9-11H,7-8,14H2,1-4H3,(H,16,18). The Hall–Kier alpha value is -1.36. The average molecular weight is 252 g/mol. The molecule has 0 aromatic carbocycles. The van der Waals surface area contributed by atoms with Gasteiger partial charge in [-0.3, -0.25) is 4.79 Å². The van der Waals surface area contributed by atoms with Crippen LogP contribution in [0.5, 0.6) is 0 Å². The Morgan fingerprint density at radius 2 is 2.11 bits per heavy atom. The zero-order valence-electron chi connectivity index (χ0n) is 11.7. The fourth-order valence-corrected chi connectivity index (χ4v) is 1.93. The van der Waals surface area contributed by atoms with Gasteiger partial charge < -0.3 is 11.1 Å². The lowest BCUT2D eigenvalue weighted by atomic mass is 9.96. The lowest BCUT2D eigenvalue weighted by Gasteiger charge is -2.18. The minimum atomic E-state index is -0.138. The molecule has 18 heavy (non-hydrogen) atoms. The summed E-state index contributed by atoms with van der Waals surface area (Å²) < 4.78 is 1.79. The number of hydrogen-bond donors (Lipinski definition) is 2. The number of hydrogen-bond acceptors (Lipinski definition) is 3. The highest BCUT2D eigenvalue weighted by Crippen LogP contribution is 2.16. The largest absolute Gasteiger partial charge is 0.330 e. The van der Waals surface area contributed by atoms with E-state index in [1.807, 2.05) is 13.8 Å². The number of nitrogens with two attached hydrogens (primary N) is 1. The highest BCUT2D eigenvalue weighted by Gasteiger charge is 2.19. The summed E-state index contributed by atoms with van der Waals surface area (Å²) in [5.74, 6) is 1.03. The molecule has 0 spiro atoms. The smallest absolute Gasteiger partial charge is 0.229 e. The lowest BCUT2D eigenvalue weighted by Crippen LogP contribution is -2.31. The molecule has 0 fully saturated rings. The van der Waals surface area contributed by atoms with Crippen LogP contribution in [0.1, 0.15) is 40.2 Å². The SMILES string of the molecule is CC(C)CC(CN)C(=O)Nc1ccnn1C(C)C. The molecular formula is C13H24N4O. The molecule has 0 aliphatic rings. The first-order valence-corrected chi connectivity index (χ1v) is 6.50. The molecular weight excluding hydrogens is 228 g/mol. The molecule has 0 aliphatic heterocycles. The minimum Gasteiger partial charge on any atom is -0.330 e. The van der Waals surface area contributed by atoms with Crippen LogP contribution in [-0.2, 0) is 4.79 Å². The Balaban J connectivity index is 2.70. The number of rotatable bonds is 6. The van der Waals surface area contributed by atoms with Crippen LogP contribution in [0.2, 0.25) is 0 Å². The summed E-state index contributed by atoms with van der Waals surface area (Å²) >= 11 is 0. The second kappa shape index (κ2) is 6.54. The first-order valence-electron chi connectivity index (χ1n) is 6.50. The fourth-order valence-electron chi connectivity index (χ4n) is 1.93. The van der Waals surface area contributed by atoms with Crippen LogP contribution in [-0.4, -0.2) is 22.2 Å². The van der Waals surface area contributed by atoms with Crippen molar-refractivity contribution in [2.24, 2.45) is 17.6 Å². The van der Waals surface area contributed by atoms with E-state index in [1.165, 1.54) is 0 Å². The van der Waals surface area contributed by atoms with Crippen LogP contribution in [0.15, 0.2) is 12.3 Å². The van der Waals surface area contributed by atoms with Gasteiger partial charge in [-0.1, -0.05) is 13.8 Å². The molecule has 3 N–H and O–H groups in total. The van der Waals surface area contributed by atoms with Gasteiger partial charge in [0.15, 0.2) is 0 Å². The maximum absolute atomic E-state index is 12.1. The molecule has 0 saturated heterocycles. The van der Waals surface area contributed by atoms with E-state index in [1.54, 1.807) is 16.9 Å². The van der Waals surface area contributed by atoms with E-state index in [0.29, 0.717) is 12.5 Å². The van der Waals surface area contributed by atoms with Gasteiger partial charge in [0, 0.05) is 18.7 Å². The Morgan fingerprint density at radius 1 is 1.44 bits per heavy atom. The molecule has 0 radical (unpaired) electrons. The van der Waals surface area contributed by atoms with Crippen LogP contribution in [0, 0.1) is 11.8 Å². The molecule has 1 heterocycles. The second-order valence-corrected chi connectivity index (χ2v) is 5.31. The van der Waals surface area contributed by atoms with E-state index in [-0.39, 0.29) is 17.9 Å². The van der Waals surface area contributed by atoms with E-state index in [9.17, 15) is 4.79 Å². The molecule has 0 aliphatic carbocycles. The molecule has 0 bridgehead atoms. The van der Waals surface area contributed by atoms with Crippen LogP contribution in [0.25, 0.3) is 0 Å². The van der Waals surface area contributed by atoms with Crippen molar-refractivity contribution in [3.05, 3.63) is 12.3 Å². The number of aromatic nitrogens is 2. The van der Waals surface area contributed by atoms with Gasteiger partial charge in [-0.2, -0.15) is 5.10 Å². The van der Waals surface area contributed by atoms with E-state index in [0.717, 1.165) is 12.2 Å². The van der Waals surface area contributed by atoms with Crippen LogP contribution < -0.4 is 11.1 Å². The molecule has 102 valence electrons. The number of carbonyl (C=O) groups is 1. The van der Waals surface area contributed by atoms with Gasteiger partial charge in [-0.05, 0) is 26.2 Å². The second-order valence-electron chi connectivity index (χ2n) is 5.31. The third-order valence-electron chi connectivity index (χ3n) is 2.82. The van der Waals surface area contributed by atoms with Gasteiger partial charge in [0.2, 0.25) is 5.91 Å². The highest BCUT2D eigenvalue weighted by atomic mass is 16.2. The molecule has 0 saturated carbocycles. The zero-order chi connectivity index (χ0) is 13.7. The van der Waals surface area contributed by atoms with Crippen LogP contribution in [0.3, 0.4) is 0 Å². The summed E-state index contributed by atoms with van der Waals surface area (Å²) in [5.41, 5.74) is 5.67. The van der Waals surface area contributed by atoms with Gasteiger partial charge in [0.25, 0.3) is 0 Å². The number of nitrogens with one attached hydrogen (secondary N) is 1. The van der Waals surface area contributed by atoms with E-state index in [2.05, 4.69) is 24.3 Å². The van der Waals surface area contributed by atoms with Gasteiger partial charge in [0.1, 0.15) is 5.82 Å². The molecule has 1 atom stereocenters. The molecule has 1 unspecified atom stereocenters. The normalized spacial score (nSPS) is 13.1. The van der Waals surface area contributed by atoms with Crippen molar-refractivity contribution in [1.82, 2.24) is 9.78 Å². The first-order chi connectivity index (χ1) is 8.45. The number of amides is 1. The number of anilines is 1. The molecule has 5 nitrogen and oxygen atoms in total. The van der Waals surface area contributed by atoms with E-state index < -0.39 is 0 Å². The summed E-state index contributed by atoms with van der Waals surface area (Å²) in [6, 6.07) is 2.03. The quantitative estimate of drug-likeness (QED) is 0.813. The summed E-state index contributed by atoms with van der Waals surface area (Å²) in [5, 5.41) is 7.10. The van der Waals surface area contributed by atoms with Gasteiger partial charge in [-0.25, -0.2) is 4.68 Å². The fraction of sp³-hybridized carbons (Fsp3) is 0.692. The molecule has 1 amide bonds. The van der Waals surface area contributed by atoms with Gasteiger partial charge in [0.05, 0.1) is 12.1 Å². The van der Waals surface area contributed by atoms with Crippen LogP contribution >= 0.6 is 0 Å². The minimum absolute atomic E-state index is 0.0198. The zero-order valence-corrected chi connectivity index (χ0v) is 11.7. The monoisotopic (exact) mass is 252 g/mol. The van der Waals surface area contributed by atoms with Crippen LogP contribution in [0.4, 0.5) is 5.82 Å². The summed E-state index contributed by atoms with van der Waals surface area (Å²) in [6.45, 7) is 8.61.